The van der Waals surface area contributed by atoms with Crippen molar-refractivity contribution in [2.75, 3.05) is 49.8 Å². The highest BCUT2D eigenvalue weighted by Gasteiger charge is 2.25. The summed E-state index contributed by atoms with van der Waals surface area (Å²) in [7, 11) is 1.84. The van der Waals surface area contributed by atoms with Gasteiger partial charge in [-0.2, -0.15) is 0 Å². The van der Waals surface area contributed by atoms with Gasteiger partial charge in [0, 0.05) is 35.4 Å². The molecule has 8 nitrogen and oxygen atoms in total. The number of morpholine rings is 1. The number of anilines is 2. The number of rotatable bonds is 3. The zero-order valence-electron chi connectivity index (χ0n) is 19.8. The lowest BCUT2D eigenvalue weighted by atomic mass is 10.1. The zero-order valence-corrected chi connectivity index (χ0v) is 20.6. The van der Waals surface area contributed by atoms with Gasteiger partial charge in [-0.1, -0.05) is 0 Å². The first-order chi connectivity index (χ1) is 15.6. The summed E-state index contributed by atoms with van der Waals surface area (Å²) >= 11 is 1.55. The Hall–Kier alpha value is -2.91. The highest BCUT2D eigenvalue weighted by Crippen LogP contribution is 2.24. The van der Waals surface area contributed by atoms with E-state index in [1.807, 2.05) is 71.1 Å². The van der Waals surface area contributed by atoms with Crippen molar-refractivity contribution in [2.24, 2.45) is 0 Å². The zero-order chi connectivity index (χ0) is 24.2. The molecule has 1 aromatic heterocycles. The molecule has 4 rings (SSSR count). The second-order valence-corrected chi connectivity index (χ2v) is 10.1. The molecule has 3 heterocycles. The molecular formula is C24H31N3O5S. The van der Waals surface area contributed by atoms with Crippen LogP contribution in [0.5, 0.6) is 0 Å². The second kappa shape index (κ2) is 10.4. The van der Waals surface area contributed by atoms with Gasteiger partial charge in [0.15, 0.2) is 0 Å². The maximum Gasteiger partial charge on any atom is 0.414 e. The summed E-state index contributed by atoms with van der Waals surface area (Å²) in [5.74, 6) is 0.0650. The van der Waals surface area contributed by atoms with Gasteiger partial charge >= 0.3 is 6.09 Å². The standard InChI is InChI=1S/C13H14N2O4.C11H17NOS/c16-12-9-18-7-5-14(12)10-1-3-11(4-2-10)15-6-8-19-13(15)17;1-8-6-7-9(14-8)10(13)12(5)11(2,3)4/h1-4H,5-9H2;6-7H,1-5H3. The minimum atomic E-state index is -0.324. The molecule has 2 saturated heterocycles. The summed E-state index contributed by atoms with van der Waals surface area (Å²) in [5, 5.41) is 0. The monoisotopic (exact) mass is 473 g/mol. The van der Waals surface area contributed by atoms with Crippen molar-refractivity contribution < 1.29 is 23.9 Å². The lowest BCUT2D eigenvalue weighted by Crippen LogP contribution is -2.42. The van der Waals surface area contributed by atoms with E-state index < -0.39 is 0 Å². The predicted molar refractivity (Wildman–Crippen MR) is 129 cm³/mol. The average molecular weight is 474 g/mol. The van der Waals surface area contributed by atoms with E-state index in [0.29, 0.717) is 26.3 Å². The number of benzene rings is 1. The number of thiophene rings is 1. The predicted octanol–water partition coefficient (Wildman–Crippen LogP) is 3.93. The van der Waals surface area contributed by atoms with E-state index in [-0.39, 0.29) is 30.1 Å². The van der Waals surface area contributed by atoms with Crippen molar-refractivity contribution in [1.29, 1.82) is 0 Å². The van der Waals surface area contributed by atoms with Gasteiger partial charge in [0.05, 0.1) is 18.0 Å². The quantitative estimate of drug-likeness (QED) is 0.675. The van der Waals surface area contributed by atoms with Crippen LogP contribution in [0.1, 0.15) is 35.3 Å². The third kappa shape index (κ3) is 6.11. The summed E-state index contributed by atoms with van der Waals surface area (Å²) in [4.78, 5) is 42.1. The van der Waals surface area contributed by atoms with Crippen LogP contribution in [0.2, 0.25) is 0 Å². The maximum absolute atomic E-state index is 11.9. The van der Waals surface area contributed by atoms with Crippen LogP contribution in [-0.4, -0.2) is 68.3 Å². The van der Waals surface area contributed by atoms with Crippen LogP contribution < -0.4 is 9.80 Å². The van der Waals surface area contributed by atoms with Gasteiger partial charge in [-0.15, -0.1) is 11.3 Å². The molecule has 0 bridgehead atoms. The fourth-order valence-electron chi connectivity index (χ4n) is 3.25. The molecule has 33 heavy (non-hydrogen) atoms. The fraction of sp³-hybridized carbons (Fsp3) is 0.458. The molecule has 178 valence electrons. The molecule has 2 aliphatic rings. The molecule has 3 amide bonds. The first-order valence-corrected chi connectivity index (χ1v) is 11.7. The number of cyclic esters (lactones) is 1. The number of amides is 3. The van der Waals surface area contributed by atoms with E-state index in [1.54, 1.807) is 26.0 Å². The maximum atomic E-state index is 11.9. The number of carbonyl (C=O) groups is 3. The molecule has 0 atom stereocenters. The highest BCUT2D eigenvalue weighted by atomic mass is 32.1. The van der Waals surface area contributed by atoms with E-state index in [0.717, 1.165) is 16.3 Å². The van der Waals surface area contributed by atoms with Crippen molar-refractivity contribution in [3.63, 3.8) is 0 Å². The molecule has 2 aromatic rings. The van der Waals surface area contributed by atoms with Crippen molar-refractivity contribution in [2.45, 2.75) is 33.2 Å². The van der Waals surface area contributed by atoms with E-state index in [1.165, 1.54) is 4.88 Å². The number of hydrogen-bond acceptors (Lipinski definition) is 6. The molecule has 2 aliphatic heterocycles. The van der Waals surface area contributed by atoms with Crippen molar-refractivity contribution in [3.05, 3.63) is 46.2 Å². The Balaban J connectivity index is 0.000000196. The number of hydrogen-bond donors (Lipinski definition) is 0. The number of aryl methyl sites for hydroxylation is 1. The molecule has 0 radical (unpaired) electrons. The van der Waals surface area contributed by atoms with Crippen molar-refractivity contribution in [1.82, 2.24) is 4.90 Å². The van der Waals surface area contributed by atoms with Gasteiger partial charge in [0.1, 0.15) is 13.2 Å². The van der Waals surface area contributed by atoms with Gasteiger partial charge in [-0.25, -0.2) is 4.79 Å². The normalized spacial score (nSPS) is 16.3. The topological polar surface area (TPSA) is 79.4 Å². The third-order valence-corrected chi connectivity index (χ3v) is 6.47. The molecule has 0 unspecified atom stereocenters. The van der Waals surface area contributed by atoms with Gasteiger partial charge in [-0.05, 0) is 64.1 Å². The lowest BCUT2D eigenvalue weighted by molar-refractivity contribution is -0.125. The Kier molecular flexibility index (Phi) is 7.76. The van der Waals surface area contributed by atoms with Crippen LogP contribution >= 0.6 is 11.3 Å². The van der Waals surface area contributed by atoms with Gasteiger partial charge in [-0.3, -0.25) is 14.5 Å². The fourth-order valence-corrected chi connectivity index (χ4v) is 4.09. The summed E-state index contributed by atoms with van der Waals surface area (Å²) in [6.45, 7) is 10.3. The van der Waals surface area contributed by atoms with E-state index in [9.17, 15) is 14.4 Å². The number of ether oxygens (including phenoxy) is 2. The molecule has 0 spiro atoms. The van der Waals surface area contributed by atoms with E-state index in [2.05, 4.69) is 0 Å². The number of carbonyl (C=O) groups excluding carboxylic acids is 3. The second-order valence-electron chi connectivity index (χ2n) is 8.83. The Morgan fingerprint density at radius 1 is 0.970 bits per heavy atom. The van der Waals surface area contributed by atoms with Gasteiger partial charge in [0.2, 0.25) is 0 Å². The van der Waals surface area contributed by atoms with E-state index in [4.69, 9.17) is 9.47 Å². The molecule has 0 N–H and O–H groups in total. The number of nitrogens with zero attached hydrogens (tertiary/aromatic N) is 3. The molecule has 1 aromatic carbocycles. The lowest BCUT2D eigenvalue weighted by Gasteiger charge is -2.31. The minimum absolute atomic E-state index is 0.0421. The van der Waals surface area contributed by atoms with Crippen LogP contribution in [0.4, 0.5) is 16.2 Å². The molecule has 2 fully saturated rings. The minimum Gasteiger partial charge on any atom is -0.447 e. The molecule has 9 heteroatoms. The third-order valence-electron chi connectivity index (χ3n) is 5.48. The Labute approximate surface area is 198 Å². The Bertz CT molecular complexity index is 996. The van der Waals surface area contributed by atoms with Crippen LogP contribution in [0, 0.1) is 6.92 Å². The van der Waals surface area contributed by atoms with Crippen LogP contribution in [0.25, 0.3) is 0 Å². The van der Waals surface area contributed by atoms with Gasteiger partial charge in [0.25, 0.3) is 11.8 Å². The molecule has 0 saturated carbocycles. The SMILES string of the molecule is Cc1ccc(C(=O)N(C)C(C)(C)C)s1.O=C1COCCN1c1ccc(N2CCOC2=O)cc1. The first-order valence-electron chi connectivity index (χ1n) is 10.8. The molecule has 0 aliphatic carbocycles. The largest absolute Gasteiger partial charge is 0.447 e. The van der Waals surface area contributed by atoms with Crippen LogP contribution in [-0.2, 0) is 14.3 Å². The highest BCUT2D eigenvalue weighted by molar-refractivity contribution is 7.13. The van der Waals surface area contributed by atoms with Crippen LogP contribution in [0.3, 0.4) is 0 Å². The van der Waals surface area contributed by atoms with Crippen molar-refractivity contribution >= 4 is 40.6 Å². The summed E-state index contributed by atoms with van der Waals surface area (Å²) in [5.41, 5.74) is 1.49. The smallest absolute Gasteiger partial charge is 0.414 e. The van der Waals surface area contributed by atoms with Gasteiger partial charge < -0.3 is 19.3 Å². The first kappa shape index (κ1) is 24.7. The average Bonchev–Trinajstić information content (AvgIpc) is 3.41. The summed E-state index contributed by atoms with van der Waals surface area (Å²) < 4.78 is 9.98. The summed E-state index contributed by atoms with van der Waals surface area (Å²) in [6.07, 6.45) is -0.324. The Morgan fingerprint density at radius 3 is 2.06 bits per heavy atom. The Morgan fingerprint density at radius 2 is 1.58 bits per heavy atom. The van der Waals surface area contributed by atoms with Crippen molar-refractivity contribution in [3.8, 4) is 0 Å². The molecular weight excluding hydrogens is 442 g/mol. The van der Waals surface area contributed by atoms with E-state index >= 15 is 0 Å². The summed E-state index contributed by atoms with van der Waals surface area (Å²) in [6, 6.07) is 11.2. The van der Waals surface area contributed by atoms with Crippen LogP contribution in [0.15, 0.2) is 36.4 Å².